The van der Waals surface area contributed by atoms with Crippen LogP contribution in [0, 0.1) is 0 Å². The van der Waals surface area contributed by atoms with Gasteiger partial charge >= 0.3 is 0 Å². The van der Waals surface area contributed by atoms with Crippen molar-refractivity contribution in [2.45, 2.75) is 18.9 Å². The zero-order chi connectivity index (χ0) is 13.2. The maximum absolute atomic E-state index is 13.1. The summed E-state index contributed by atoms with van der Waals surface area (Å²) < 4.78 is 26.1. The summed E-state index contributed by atoms with van der Waals surface area (Å²) >= 11 is 0. The number of alkyl halides is 2. The van der Waals surface area contributed by atoms with E-state index < -0.39 is 12.0 Å². The van der Waals surface area contributed by atoms with Gasteiger partial charge in [0.1, 0.15) is 5.54 Å². The fourth-order valence-corrected chi connectivity index (χ4v) is 1.94. The van der Waals surface area contributed by atoms with Crippen LogP contribution in [0.1, 0.15) is 12.5 Å². The summed E-state index contributed by atoms with van der Waals surface area (Å²) in [7, 11) is 0. The summed E-state index contributed by atoms with van der Waals surface area (Å²) in [4.78, 5) is 0. The average Bonchev–Trinajstić information content (AvgIpc) is 2.39. The molecule has 2 N–H and O–H groups in total. The highest BCUT2D eigenvalue weighted by Gasteiger charge is 2.34. The van der Waals surface area contributed by atoms with Crippen LogP contribution in [-0.2, 0) is 5.54 Å². The fourth-order valence-electron chi connectivity index (χ4n) is 1.94. The first kappa shape index (κ1) is 12.7. The molecular weight excluding hydrogens is 232 g/mol. The van der Waals surface area contributed by atoms with E-state index in [1.165, 1.54) is 6.92 Å². The van der Waals surface area contributed by atoms with Crippen molar-refractivity contribution in [3.63, 3.8) is 0 Å². The van der Waals surface area contributed by atoms with Gasteiger partial charge in [0.25, 0.3) is 6.43 Å². The van der Waals surface area contributed by atoms with E-state index in [9.17, 15) is 8.78 Å². The van der Waals surface area contributed by atoms with Gasteiger partial charge in [-0.25, -0.2) is 8.78 Å². The minimum Gasteiger partial charge on any atom is -0.317 e. The van der Waals surface area contributed by atoms with E-state index in [0.29, 0.717) is 5.56 Å². The lowest BCUT2D eigenvalue weighted by atomic mass is 9.86. The van der Waals surface area contributed by atoms with Gasteiger partial charge in [0.2, 0.25) is 0 Å². The molecule has 2 aromatic rings. The minimum absolute atomic E-state index is 0.464. The Hall–Kier alpha value is -1.74. The Kier molecular flexibility index (Phi) is 3.43. The average molecular weight is 247 g/mol. The SMILES string of the molecule is CC(N)(c1ccccc1-c1ccccc1)C(F)F. The van der Waals surface area contributed by atoms with Gasteiger partial charge in [-0.05, 0) is 23.6 Å². The largest absolute Gasteiger partial charge is 0.317 e. The molecule has 18 heavy (non-hydrogen) atoms. The molecule has 0 saturated heterocycles. The Morgan fingerprint density at radius 1 is 0.944 bits per heavy atom. The van der Waals surface area contributed by atoms with Crippen molar-refractivity contribution < 1.29 is 8.78 Å². The van der Waals surface area contributed by atoms with E-state index in [0.717, 1.165) is 11.1 Å². The van der Waals surface area contributed by atoms with Crippen molar-refractivity contribution in [1.29, 1.82) is 0 Å². The number of benzene rings is 2. The number of halogens is 2. The molecule has 2 aromatic carbocycles. The summed E-state index contributed by atoms with van der Waals surface area (Å²) in [5, 5.41) is 0. The second-order valence-electron chi connectivity index (χ2n) is 4.49. The van der Waals surface area contributed by atoms with Crippen molar-refractivity contribution >= 4 is 0 Å². The fraction of sp³-hybridized carbons (Fsp3) is 0.200. The minimum atomic E-state index is -2.61. The summed E-state index contributed by atoms with van der Waals surface area (Å²) in [6.07, 6.45) is -2.61. The number of hydrogen-bond donors (Lipinski definition) is 1. The third-order valence-electron chi connectivity index (χ3n) is 3.05. The van der Waals surface area contributed by atoms with Crippen molar-refractivity contribution in [1.82, 2.24) is 0 Å². The Labute approximate surface area is 105 Å². The van der Waals surface area contributed by atoms with Gasteiger partial charge in [0, 0.05) is 0 Å². The smallest absolute Gasteiger partial charge is 0.260 e. The van der Waals surface area contributed by atoms with Crippen LogP contribution in [0.5, 0.6) is 0 Å². The van der Waals surface area contributed by atoms with E-state index >= 15 is 0 Å². The molecule has 0 aliphatic carbocycles. The molecule has 0 bridgehead atoms. The Morgan fingerprint density at radius 2 is 1.50 bits per heavy atom. The van der Waals surface area contributed by atoms with Crippen LogP contribution >= 0.6 is 0 Å². The molecule has 1 nitrogen and oxygen atoms in total. The van der Waals surface area contributed by atoms with Gasteiger partial charge in [-0.2, -0.15) is 0 Å². The summed E-state index contributed by atoms with van der Waals surface area (Å²) in [6, 6.07) is 16.5. The van der Waals surface area contributed by atoms with E-state index in [1.807, 2.05) is 42.5 Å². The zero-order valence-corrected chi connectivity index (χ0v) is 10.1. The van der Waals surface area contributed by atoms with Gasteiger partial charge in [-0.1, -0.05) is 54.6 Å². The number of hydrogen-bond acceptors (Lipinski definition) is 1. The third-order valence-corrected chi connectivity index (χ3v) is 3.05. The molecular formula is C15H15F2N. The first-order valence-corrected chi connectivity index (χ1v) is 5.75. The molecule has 0 aliphatic heterocycles. The monoisotopic (exact) mass is 247 g/mol. The summed E-state index contributed by atoms with van der Waals surface area (Å²) in [5.41, 5.74) is 6.23. The van der Waals surface area contributed by atoms with E-state index in [-0.39, 0.29) is 0 Å². The predicted molar refractivity (Wildman–Crippen MR) is 69.4 cm³/mol. The molecule has 1 unspecified atom stereocenters. The van der Waals surface area contributed by atoms with Crippen molar-refractivity contribution in [2.24, 2.45) is 5.73 Å². The molecule has 2 rings (SSSR count). The molecule has 94 valence electrons. The first-order valence-electron chi connectivity index (χ1n) is 5.75. The lowest BCUT2D eigenvalue weighted by molar-refractivity contribution is 0.0628. The second kappa shape index (κ2) is 4.86. The number of rotatable bonds is 3. The third kappa shape index (κ3) is 2.27. The highest BCUT2D eigenvalue weighted by atomic mass is 19.3. The lowest BCUT2D eigenvalue weighted by Gasteiger charge is -2.26. The van der Waals surface area contributed by atoms with Gasteiger partial charge in [0.05, 0.1) is 0 Å². The molecule has 0 spiro atoms. The van der Waals surface area contributed by atoms with Gasteiger partial charge < -0.3 is 5.73 Å². The van der Waals surface area contributed by atoms with Crippen LogP contribution in [0.25, 0.3) is 11.1 Å². The second-order valence-corrected chi connectivity index (χ2v) is 4.49. The van der Waals surface area contributed by atoms with Gasteiger partial charge in [-0.15, -0.1) is 0 Å². The predicted octanol–water partition coefficient (Wildman–Crippen LogP) is 3.79. The van der Waals surface area contributed by atoms with E-state index in [1.54, 1.807) is 12.1 Å². The summed E-state index contributed by atoms with van der Waals surface area (Å²) in [6.45, 7) is 1.36. The van der Waals surface area contributed by atoms with Crippen molar-refractivity contribution in [3.8, 4) is 11.1 Å². The van der Waals surface area contributed by atoms with E-state index in [2.05, 4.69) is 0 Å². The topological polar surface area (TPSA) is 26.0 Å². The van der Waals surface area contributed by atoms with Crippen molar-refractivity contribution in [3.05, 3.63) is 60.2 Å². The van der Waals surface area contributed by atoms with Gasteiger partial charge in [0.15, 0.2) is 0 Å². The molecule has 1 atom stereocenters. The highest BCUT2D eigenvalue weighted by molar-refractivity contribution is 5.68. The molecule has 0 aliphatic rings. The molecule has 0 radical (unpaired) electrons. The maximum Gasteiger partial charge on any atom is 0.260 e. The molecule has 0 heterocycles. The molecule has 3 heteroatoms. The van der Waals surface area contributed by atoms with Crippen LogP contribution in [0.4, 0.5) is 8.78 Å². The van der Waals surface area contributed by atoms with Crippen molar-refractivity contribution in [2.75, 3.05) is 0 Å². The van der Waals surface area contributed by atoms with Gasteiger partial charge in [-0.3, -0.25) is 0 Å². The normalized spacial score (nSPS) is 14.5. The first-order chi connectivity index (χ1) is 8.53. The van der Waals surface area contributed by atoms with Crippen LogP contribution in [-0.4, -0.2) is 6.43 Å². The quantitative estimate of drug-likeness (QED) is 0.877. The van der Waals surface area contributed by atoms with Crippen LogP contribution < -0.4 is 5.73 Å². The summed E-state index contributed by atoms with van der Waals surface area (Å²) in [5.74, 6) is 0. The standard InChI is InChI=1S/C15H15F2N/c1-15(18,14(16)17)13-10-6-5-9-12(13)11-7-3-2-4-8-11/h2-10,14H,18H2,1H3. The molecule has 0 aromatic heterocycles. The Balaban J connectivity index is 2.57. The maximum atomic E-state index is 13.1. The van der Waals surface area contributed by atoms with Crippen LogP contribution in [0.15, 0.2) is 54.6 Å². The Bertz CT molecular complexity index is 521. The molecule has 0 fully saturated rings. The molecule has 0 amide bonds. The lowest BCUT2D eigenvalue weighted by Crippen LogP contribution is -2.41. The van der Waals surface area contributed by atoms with E-state index in [4.69, 9.17) is 5.73 Å². The molecule has 0 saturated carbocycles. The van der Waals surface area contributed by atoms with Crippen LogP contribution in [0.3, 0.4) is 0 Å². The zero-order valence-electron chi connectivity index (χ0n) is 10.1. The highest BCUT2D eigenvalue weighted by Crippen LogP contribution is 2.33. The number of nitrogens with two attached hydrogens (primary N) is 1. The Morgan fingerprint density at radius 3 is 2.11 bits per heavy atom. The van der Waals surface area contributed by atoms with Crippen LogP contribution in [0.2, 0.25) is 0 Å².